The van der Waals surface area contributed by atoms with Crippen LogP contribution in [0.2, 0.25) is 0 Å². The maximum atomic E-state index is 5.18. The molecule has 0 saturated heterocycles. The number of guanidine groups is 1. The molecule has 0 aromatic heterocycles. The molecular formula is C9H22N4. The summed E-state index contributed by atoms with van der Waals surface area (Å²) in [4.78, 5) is 3.89. The largest absolute Gasteiger partial charge is 0.370 e. The van der Waals surface area contributed by atoms with E-state index < -0.39 is 0 Å². The Morgan fingerprint density at radius 3 is 2.38 bits per heavy atom. The van der Waals surface area contributed by atoms with Crippen molar-refractivity contribution in [3.63, 3.8) is 0 Å². The summed E-state index contributed by atoms with van der Waals surface area (Å²) >= 11 is 0. The van der Waals surface area contributed by atoms with Crippen molar-refractivity contribution in [2.45, 2.75) is 27.2 Å². The molecule has 5 N–H and O–H groups in total. The van der Waals surface area contributed by atoms with Crippen LogP contribution in [-0.4, -0.2) is 25.6 Å². The molecular weight excluding hydrogens is 164 g/mol. The van der Waals surface area contributed by atoms with Crippen LogP contribution >= 0.6 is 0 Å². The monoisotopic (exact) mass is 186 g/mol. The number of hydrogen-bond donors (Lipinski definition) is 3. The molecule has 0 aliphatic heterocycles. The van der Waals surface area contributed by atoms with Crippen molar-refractivity contribution in [2.24, 2.45) is 21.9 Å². The second-order valence-electron chi connectivity index (χ2n) is 4.40. The van der Waals surface area contributed by atoms with Crippen LogP contribution in [0.5, 0.6) is 0 Å². The Hall–Kier alpha value is -0.770. The molecule has 0 rings (SSSR count). The SMILES string of the molecule is CC(C)(C)CNCCCN=C(N)N. The Labute approximate surface area is 80.8 Å². The summed E-state index contributed by atoms with van der Waals surface area (Å²) in [6, 6.07) is 0. The lowest BCUT2D eigenvalue weighted by Gasteiger charge is -2.18. The standard InChI is InChI=1S/C9H22N4/c1-9(2,3)7-12-5-4-6-13-8(10)11/h12H,4-7H2,1-3H3,(H4,10,11,13). The number of nitrogens with two attached hydrogens (primary N) is 2. The summed E-state index contributed by atoms with van der Waals surface area (Å²) in [5.41, 5.74) is 10.7. The predicted molar refractivity (Wildman–Crippen MR) is 57.6 cm³/mol. The smallest absolute Gasteiger partial charge is 0.185 e. The first-order valence-corrected chi connectivity index (χ1v) is 4.68. The van der Waals surface area contributed by atoms with E-state index in [0.717, 1.165) is 19.5 Å². The lowest BCUT2D eigenvalue weighted by Crippen LogP contribution is -2.28. The highest BCUT2D eigenvalue weighted by atomic mass is 15.0. The first kappa shape index (κ1) is 12.2. The van der Waals surface area contributed by atoms with Crippen molar-refractivity contribution < 1.29 is 0 Å². The molecule has 0 radical (unpaired) electrons. The van der Waals surface area contributed by atoms with E-state index in [9.17, 15) is 0 Å². The van der Waals surface area contributed by atoms with Crippen molar-refractivity contribution in [3.8, 4) is 0 Å². The molecule has 0 saturated carbocycles. The fraction of sp³-hybridized carbons (Fsp3) is 0.889. The second kappa shape index (κ2) is 5.80. The van der Waals surface area contributed by atoms with Gasteiger partial charge >= 0.3 is 0 Å². The van der Waals surface area contributed by atoms with Gasteiger partial charge in [-0.1, -0.05) is 20.8 Å². The molecule has 13 heavy (non-hydrogen) atoms. The van der Waals surface area contributed by atoms with Crippen molar-refractivity contribution in [1.82, 2.24) is 5.32 Å². The fourth-order valence-electron chi connectivity index (χ4n) is 0.876. The molecule has 0 fully saturated rings. The van der Waals surface area contributed by atoms with Crippen LogP contribution in [0.4, 0.5) is 0 Å². The van der Waals surface area contributed by atoms with Gasteiger partial charge in [0.25, 0.3) is 0 Å². The molecule has 78 valence electrons. The van der Waals surface area contributed by atoms with E-state index >= 15 is 0 Å². The first-order valence-electron chi connectivity index (χ1n) is 4.68. The molecule has 0 aromatic carbocycles. The van der Waals surface area contributed by atoms with Crippen LogP contribution in [0.15, 0.2) is 4.99 Å². The van der Waals surface area contributed by atoms with Crippen LogP contribution in [0.3, 0.4) is 0 Å². The van der Waals surface area contributed by atoms with E-state index in [1.54, 1.807) is 0 Å². The topological polar surface area (TPSA) is 76.4 Å². The molecule has 0 spiro atoms. The van der Waals surface area contributed by atoms with Gasteiger partial charge in [-0.05, 0) is 24.9 Å². The molecule has 0 heterocycles. The van der Waals surface area contributed by atoms with Gasteiger partial charge in [0, 0.05) is 6.54 Å². The van der Waals surface area contributed by atoms with E-state index in [-0.39, 0.29) is 5.96 Å². The third-order valence-electron chi connectivity index (χ3n) is 1.46. The third-order valence-corrected chi connectivity index (χ3v) is 1.46. The number of hydrogen-bond acceptors (Lipinski definition) is 2. The maximum absolute atomic E-state index is 5.18. The summed E-state index contributed by atoms with van der Waals surface area (Å²) in [6.45, 7) is 9.31. The predicted octanol–water partition coefficient (Wildman–Crippen LogP) is 0.286. The lowest BCUT2D eigenvalue weighted by atomic mass is 9.97. The minimum absolute atomic E-state index is 0.177. The number of aliphatic imine (C=N–C) groups is 1. The molecule has 0 unspecified atom stereocenters. The normalized spacial score (nSPS) is 11.3. The van der Waals surface area contributed by atoms with E-state index in [0.29, 0.717) is 12.0 Å². The van der Waals surface area contributed by atoms with E-state index in [1.807, 2.05) is 0 Å². The number of nitrogens with zero attached hydrogens (tertiary/aromatic N) is 1. The van der Waals surface area contributed by atoms with E-state index in [4.69, 9.17) is 11.5 Å². The fourth-order valence-corrected chi connectivity index (χ4v) is 0.876. The highest BCUT2D eigenvalue weighted by Gasteiger charge is 2.07. The van der Waals surface area contributed by atoms with E-state index in [2.05, 4.69) is 31.1 Å². The Morgan fingerprint density at radius 1 is 1.31 bits per heavy atom. The maximum Gasteiger partial charge on any atom is 0.185 e. The average Bonchev–Trinajstić information content (AvgIpc) is 1.93. The van der Waals surface area contributed by atoms with Crippen LogP contribution in [0.25, 0.3) is 0 Å². The molecule has 4 nitrogen and oxygen atoms in total. The van der Waals surface area contributed by atoms with Crippen molar-refractivity contribution >= 4 is 5.96 Å². The Morgan fingerprint density at radius 2 is 1.92 bits per heavy atom. The van der Waals surface area contributed by atoms with Crippen molar-refractivity contribution in [3.05, 3.63) is 0 Å². The van der Waals surface area contributed by atoms with Gasteiger partial charge in [-0.2, -0.15) is 0 Å². The highest BCUT2D eigenvalue weighted by molar-refractivity contribution is 5.75. The zero-order valence-corrected chi connectivity index (χ0v) is 8.93. The van der Waals surface area contributed by atoms with Crippen LogP contribution in [0, 0.1) is 5.41 Å². The summed E-state index contributed by atoms with van der Waals surface area (Å²) in [5.74, 6) is 0.177. The van der Waals surface area contributed by atoms with Crippen molar-refractivity contribution in [2.75, 3.05) is 19.6 Å². The summed E-state index contributed by atoms with van der Waals surface area (Å²) in [6.07, 6.45) is 0.980. The van der Waals surface area contributed by atoms with Gasteiger partial charge < -0.3 is 16.8 Å². The van der Waals surface area contributed by atoms with Gasteiger partial charge in [0.1, 0.15) is 0 Å². The average molecular weight is 186 g/mol. The minimum atomic E-state index is 0.177. The third kappa shape index (κ3) is 11.2. The van der Waals surface area contributed by atoms with Gasteiger partial charge in [-0.3, -0.25) is 4.99 Å². The highest BCUT2D eigenvalue weighted by Crippen LogP contribution is 2.09. The van der Waals surface area contributed by atoms with Crippen molar-refractivity contribution in [1.29, 1.82) is 0 Å². The zero-order valence-electron chi connectivity index (χ0n) is 8.93. The van der Waals surface area contributed by atoms with Gasteiger partial charge in [0.15, 0.2) is 5.96 Å². The molecule has 0 bridgehead atoms. The summed E-state index contributed by atoms with van der Waals surface area (Å²) in [7, 11) is 0. The van der Waals surface area contributed by atoms with Gasteiger partial charge in [-0.15, -0.1) is 0 Å². The quantitative estimate of drug-likeness (QED) is 0.328. The van der Waals surface area contributed by atoms with Crippen LogP contribution in [0.1, 0.15) is 27.2 Å². The molecule has 0 atom stereocenters. The van der Waals surface area contributed by atoms with Crippen LogP contribution < -0.4 is 16.8 Å². The molecule has 0 aromatic rings. The van der Waals surface area contributed by atoms with E-state index in [1.165, 1.54) is 0 Å². The first-order chi connectivity index (χ1) is 5.92. The Balaban J connectivity index is 3.23. The minimum Gasteiger partial charge on any atom is -0.370 e. The second-order valence-corrected chi connectivity index (χ2v) is 4.40. The summed E-state index contributed by atoms with van der Waals surface area (Å²) in [5, 5.41) is 3.35. The lowest BCUT2D eigenvalue weighted by molar-refractivity contribution is 0.380. The number of rotatable bonds is 5. The Kier molecular flexibility index (Phi) is 5.46. The van der Waals surface area contributed by atoms with Gasteiger partial charge in [0.05, 0.1) is 0 Å². The molecule has 0 aliphatic carbocycles. The Bertz CT molecular complexity index is 153. The molecule has 0 aliphatic rings. The van der Waals surface area contributed by atoms with Gasteiger partial charge in [-0.25, -0.2) is 0 Å². The number of nitrogens with one attached hydrogen (secondary N) is 1. The molecule has 4 heteroatoms. The summed E-state index contributed by atoms with van der Waals surface area (Å²) < 4.78 is 0. The van der Waals surface area contributed by atoms with Gasteiger partial charge in [0.2, 0.25) is 0 Å². The zero-order chi connectivity index (χ0) is 10.3. The van der Waals surface area contributed by atoms with Crippen LogP contribution in [-0.2, 0) is 0 Å². The molecule has 0 amide bonds.